The third-order valence-corrected chi connectivity index (χ3v) is 12.2. The van der Waals surface area contributed by atoms with Gasteiger partial charge in [-0.2, -0.15) is 0 Å². The van der Waals surface area contributed by atoms with Gasteiger partial charge in [-0.05, 0) is 106 Å². The van der Waals surface area contributed by atoms with Crippen LogP contribution in [0, 0.1) is 0 Å². The lowest BCUT2D eigenvalue weighted by molar-refractivity contribution is 0.465. The van der Waals surface area contributed by atoms with E-state index in [4.69, 9.17) is 18.3 Å². The summed E-state index contributed by atoms with van der Waals surface area (Å²) in [6.07, 6.45) is 0. The summed E-state index contributed by atoms with van der Waals surface area (Å²) in [5.74, 6) is 3.20. The van der Waals surface area contributed by atoms with Gasteiger partial charge in [-0.25, -0.2) is 0 Å². The van der Waals surface area contributed by atoms with Crippen LogP contribution in [0.15, 0.2) is 203 Å². The number of hydrogen-bond donors (Lipinski definition) is 0. The van der Waals surface area contributed by atoms with Crippen molar-refractivity contribution in [3.63, 3.8) is 0 Å². The summed E-state index contributed by atoms with van der Waals surface area (Å²) in [6, 6.07) is 67.7. The lowest BCUT2D eigenvalue weighted by Gasteiger charge is -2.35. The van der Waals surface area contributed by atoms with Gasteiger partial charge in [0.15, 0.2) is 0 Å². The van der Waals surface area contributed by atoms with Gasteiger partial charge in [-0.15, -0.1) is 0 Å². The second-order valence-electron chi connectivity index (χ2n) is 15.6. The highest BCUT2D eigenvalue weighted by molar-refractivity contribution is 6.98. The number of hydrogen-bond acceptors (Lipinski definition) is 5. The third-order valence-electron chi connectivity index (χ3n) is 12.2. The van der Waals surface area contributed by atoms with Gasteiger partial charge in [0.1, 0.15) is 45.3 Å². The molecule has 0 unspecified atom stereocenters. The van der Waals surface area contributed by atoms with Gasteiger partial charge in [-0.1, -0.05) is 109 Å². The highest BCUT2D eigenvalue weighted by atomic mass is 16.5. The Morgan fingerprint density at radius 1 is 0.317 bits per heavy atom. The molecule has 0 radical (unpaired) electrons. The molecule has 60 heavy (non-hydrogen) atoms. The van der Waals surface area contributed by atoms with E-state index in [1.54, 1.807) is 0 Å². The molecule has 2 aliphatic rings. The summed E-state index contributed by atoms with van der Waals surface area (Å²) in [5, 5.41) is 4.40. The SMILES string of the molecule is c1ccc(N(c2ccccc2)c2cc3c4c(c2)Oc2cc(-c5ccc6oc7ccccc7c6c5)ccc2B4c2ccc(-c4ccc5oc6ccccc6c5c4)cc2O3)cc1. The minimum atomic E-state index is -0.109. The number of furan rings is 2. The van der Waals surface area contributed by atoms with Crippen molar-refractivity contribution >= 4 is 84.0 Å². The summed E-state index contributed by atoms with van der Waals surface area (Å²) in [6.45, 7) is -0.109. The maximum atomic E-state index is 7.03. The summed E-state index contributed by atoms with van der Waals surface area (Å²) < 4.78 is 26.4. The predicted molar refractivity (Wildman–Crippen MR) is 244 cm³/mol. The van der Waals surface area contributed by atoms with Crippen molar-refractivity contribution in [2.45, 2.75) is 0 Å². The molecule has 0 spiro atoms. The van der Waals surface area contributed by atoms with Crippen LogP contribution >= 0.6 is 0 Å². The lowest BCUT2D eigenvalue weighted by atomic mass is 9.34. The van der Waals surface area contributed by atoms with Crippen LogP contribution in [0.25, 0.3) is 66.1 Å². The van der Waals surface area contributed by atoms with Crippen molar-refractivity contribution in [2.24, 2.45) is 0 Å². The maximum absolute atomic E-state index is 7.03. The van der Waals surface area contributed by atoms with E-state index < -0.39 is 0 Å². The van der Waals surface area contributed by atoms with Gasteiger partial charge in [-0.3, -0.25) is 0 Å². The smallest absolute Gasteiger partial charge is 0.260 e. The van der Waals surface area contributed by atoms with Gasteiger partial charge in [0.05, 0.1) is 5.69 Å². The van der Waals surface area contributed by atoms with Crippen molar-refractivity contribution < 1.29 is 18.3 Å². The molecule has 13 rings (SSSR count). The molecule has 0 fully saturated rings. The molecule has 0 saturated heterocycles. The fraction of sp³-hybridized carbons (Fsp3) is 0. The zero-order valence-corrected chi connectivity index (χ0v) is 32.1. The van der Waals surface area contributed by atoms with Gasteiger partial charge in [0.2, 0.25) is 0 Å². The zero-order valence-electron chi connectivity index (χ0n) is 32.1. The van der Waals surface area contributed by atoms with Crippen LogP contribution in [0.3, 0.4) is 0 Å². The molecule has 0 amide bonds. The van der Waals surface area contributed by atoms with Crippen LogP contribution < -0.4 is 30.8 Å². The Morgan fingerprint density at radius 2 is 0.733 bits per heavy atom. The van der Waals surface area contributed by atoms with Crippen LogP contribution in [-0.2, 0) is 0 Å². The van der Waals surface area contributed by atoms with Crippen LogP contribution in [-0.4, -0.2) is 6.71 Å². The number of anilines is 3. The van der Waals surface area contributed by atoms with Crippen molar-refractivity contribution in [3.8, 4) is 45.3 Å². The summed E-state index contributed by atoms with van der Waals surface area (Å²) in [7, 11) is 0. The van der Waals surface area contributed by atoms with Crippen LogP contribution in [0.4, 0.5) is 17.1 Å². The van der Waals surface area contributed by atoms with E-state index in [1.807, 2.05) is 36.4 Å². The third kappa shape index (κ3) is 5.07. The molecule has 2 aliphatic heterocycles. The molecule has 0 N–H and O–H groups in total. The summed E-state index contributed by atoms with van der Waals surface area (Å²) >= 11 is 0. The van der Waals surface area contributed by atoms with E-state index in [0.29, 0.717) is 0 Å². The van der Waals surface area contributed by atoms with Crippen LogP contribution in [0.5, 0.6) is 23.0 Å². The van der Waals surface area contributed by atoms with Crippen LogP contribution in [0.2, 0.25) is 0 Å². The predicted octanol–water partition coefficient (Wildman–Crippen LogP) is 13.0. The van der Waals surface area contributed by atoms with E-state index in [2.05, 4.69) is 163 Å². The van der Waals surface area contributed by atoms with Gasteiger partial charge in [0.25, 0.3) is 6.71 Å². The first-order valence-electron chi connectivity index (χ1n) is 20.3. The largest absolute Gasteiger partial charge is 0.458 e. The van der Waals surface area contributed by atoms with E-state index in [1.165, 1.54) is 0 Å². The van der Waals surface area contributed by atoms with Crippen molar-refractivity contribution in [1.29, 1.82) is 0 Å². The van der Waals surface area contributed by atoms with Crippen LogP contribution in [0.1, 0.15) is 0 Å². The Balaban J connectivity index is 0.986. The number of nitrogens with zero attached hydrogens (tertiary/aromatic N) is 1. The molecule has 0 atom stereocenters. The molecule has 11 aromatic rings. The summed E-state index contributed by atoms with van der Waals surface area (Å²) in [4.78, 5) is 2.26. The topological polar surface area (TPSA) is 48.0 Å². The number of para-hydroxylation sites is 4. The first-order chi connectivity index (χ1) is 29.7. The first-order valence-corrected chi connectivity index (χ1v) is 20.3. The average molecular weight is 770 g/mol. The molecular weight excluding hydrogens is 737 g/mol. The number of benzene rings is 9. The Morgan fingerprint density at radius 3 is 1.23 bits per heavy atom. The Bertz CT molecular complexity index is 3290. The fourth-order valence-corrected chi connectivity index (χ4v) is 9.38. The fourth-order valence-electron chi connectivity index (χ4n) is 9.38. The average Bonchev–Trinajstić information content (AvgIpc) is 3.87. The minimum Gasteiger partial charge on any atom is -0.458 e. The molecule has 5 nitrogen and oxygen atoms in total. The molecule has 280 valence electrons. The van der Waals surface area contributed by atoms with E-state index in [9.17, 15) is 0 Å². The Kier molecular flexibility index (Phi) is 7.04. The Hall–Kier alpha value is -7.96. The molecule has 0 bridgehead atoms. The molecular formula is C54H32BNO4. The summed E-state index contributed by atoms with van der Waals surface area (Å²) in [5.41, 5.74) is 14.1. The number of fused-ring (bicyclic) bond motifs is 10. The minimum absolute atomic E-state index is 0.109. The van der Waals surface area contributed by atoms with Crippen molar-refractivity contribution in [3.05, 3.63) is 194 Å². The normalized spacial score (nSPS) is 12.6. The first kappa shape index (κ1) is 33.1. The number of ether oxygens (including phenoxy) is 2. The Labute approximate surface area is 345 Å². The lowest BCUT2D eigenvalue weighted by Crippen LogP contribution is -2.57. The van der Waals surface area contributed by atoms with Crippen molar-refractivity contribution in [2.75, 3.05) is 4.90 Å². The van der Waals surface area contributed by atoms with Gasteiger partial charge >= 0.3 is 0 Å². The van der Waals surface area contributed by atoms with E-state index >= 15 is 0 Å². The quantitative estimate of drug-likeness (QED) is 0.163. The van der Waals surface area contributed by atoms with Gasteiger partial charge in [0, 0.05) is 50.5 Å². The van der Waals surface area contributed by atoms with Gasteiger partial charge < -0.3 is 23.2 Å². The molecule has 0 aliphatic carbocycles. The highest BCUT2D eigenvalue weighted by Gasteiger charge is 2.41. The standard InChI is InChI=1S/C54H32BNO4/c1-3-11-37(12-4-1)56(38-13-5-2-6-14-38)39-31-52-54-53(32-39)60-51-30-36(34-22-26-49-43(28-34)41-16-8-10-18-47(41)58-49)20-24-45(51)55(54)44-23-19-35(29-50(44)59-52)33-21-25-48-42(27-33)40-15-7-9-17-46(40)57-48/h1-32H. The monoisotopic (exact) mass is 769 g/mol. The second-order valence-corrected chi connectivity index (χ2v) is 15.6. The van der Waals surface area contributed by atoms with E-state index in [-0.39, 0.29) is 6.71 Å². The highest BCUT2D eigenvalue weighted by Crippen LogP contribution is 2.44. The molecule has 6 heteroatoms. The second kappa shape index (κ2) is 12.8. The molecule has 9 aromatic carbocycles. The molecule has 0 saturated carbocycles. The zero-order chi connectivity index (χ0) is 39.3. The van der Waals surface area contributed by atoms with Crippen molar-refractivity contribution in [1.82, 2.24) is 0 Å². The molecule has 2 aromatic heterocycles. The maximum Gasteiger partial charge on any atom is 0.260 e. The number of rotatable bonds is 5. The molecule has 4 heterocycles. The van der Waals surface area contributed by atoms with E-state index in [0.717, 1.165) is 123 Å².